The SMILES string of the molecule is COC(=O)[C@@]1(C)CC[C@]2(C)CCC3(C)C(=CC(=O)C4[C@@]5(C)CC[C@H](OC(=O)/C=C\C(=O)O)C(C)(C)C5CC[C@]43C)[C@@H]2C1. The lowest BCUT2D eigenvalue weighted by Crippen LogP contribution is -2.66. The molecule has 5 aliphatic rings. The van der Waals surface area contributed by atoms with E-state index >= 15 is 0 Å². The molecular formula is C35H50O7. The van der Waals surface area contributed by atoms with Gasteiger partial charge in [0.25, 0.3) is 0 Å². The Morgan fingerprint density at radius 2 is 1.57 bits per heavy atom. The summed E-state index contributed by atoms with van der Waals surface area (Å²) >= 11 is 0. The molecule has 5 aliphatic carbocycles. The molecule has 0 aromatic heterocycles. The summed E-state index contributed by atoms with van der Waals surface area (Å²) in [6.07, 6.45) is 11.4. The monoisotopic (exact) mass is 582 g/mol. The van der Waals surface area contributed by atoms with Gasteiger partial charge >= 0.3 is 17.9 Å². The molecule has 9 atom stereocenters. The summed E-state index contributed by atoms with van der Waals surface area (Å²) in [7, 11) is 1.48. The van der Waals surface area contributed by atoms with Crippen LogP contribution < -0.4 is 0 Å². The molecule has 4 fully saturated rings. The van der Waals surface area contributed by atoms with E-state index in [9.17, 15) is 19.2 Å². The molecule has 0 saturated heterocycles. The number of ketones is 1. The Morgan fingerprint density at radius 1 is 0.905 bits per heavy atom. The minimum absolute atomic E-state index is 0.0719. The number of carbonyl (C=O) groups excluding carboxylic acids is 3. The van der Waals surface area contributed by atoms with Gasteiger partial charge in [0.1, 0.15) is 6.10 Å². The van der Waals surface area contributed by atoms with Gasteiger partial charge in [-0.25, -0.2) is 9.59 Å². The van der Waals surface area contributed by atoms with Crippen LogP contribution >= 0.6 is 0 Å². The lowest BCUT2D eigenvalue weighted by Gasteiger charge is -2.70. The lowest BCUT2D eigenvalue weighted by molar-refractivity contribution is -0.209. The van der Waals surface area contributed by atoms with Crippen LogP contribution in [0.25, 0.3) is 0 Å². The summed E-state index contributed by atoms with van der Waals surface area (Å²) in [5, 5.41) is 8.91. The highest BCUT2D eigenvalue weighted by Gasteiger charge is 2.70. The van der Waals surface area contributed by atoms with Crippen molar-refractivity contribution in [3.8, 4) is 0 Å². The Morgan fingerprint density at radius 3 is 2.21 bits per heavy atom. The number of rotatable bonds is 4. The van der Waals surface area contributed by atoms with Gasteiger partial charge in [0.05, 0.1) is 12.5 Å². The molecule has 232 valence electrons. The number of carbonyl (C=O) groups is 4. The van der Waals surface area contributed by atoms with E-state index in [0.29, 0.717) is 6.42 Å². The van der Waals surface area contributed by atoms with Gasteiger partial charge in [-0.2, -0.15) is 0 Å². The predicted molar refractivity (Wildman–Crippen MR) is 158 cm³/mol. The number of ether oxygens (including phenoxy) is 2. The maximum atomic E-state index is 14.5. The van der Waals surface area contributed by atoms with E-state index in [1.54, 1.807) is 0 Å². The average Bonchev–Trinajstić information content (AvgIpc) is 2.90. The van der Waals surface area contributed by atoms with Crippen LogP contribution in [0, 0.1) is 50.2 Å². The van der Waals surface area contributed by atoms with Crippen molar-refractivity contribution in [3.05, 3.63) is 23.8 Å². The standard InChI is InChI=1S/C35H50O7/c1-30(2)24-11-14-35(7)28(33(24,5)13-12-25(30)42-27(39)10-9-26(37)38)23(36)19-21-22-20-32(4,29(40)41-8)16-15-31(22,3)17-18-34(21,35)6/h9-10,19,22,24-25,28H,11-18,20H2,1-8H3,(H,37,38)/b10-9-/t22-,24?,25-,28?,31+,32-,33-,34?,35+/m0/s1. The van der Waals surface area contributed by atoms with E-state index < -0.39 is 17.4 Å². The largest absolute Gasteiger partial charge is 0.478 e. The quantitative estimate of drug-likeness (QED) is 0.291. The van der Waals surface area contributed by atoms with E-state index in [2.05, 4.69) is 41.5 Å². The van der Waals surface area contributed by atoms with Crippen molar-refractivity contribution < 1.29 is 33.8 Å². The number of aliphatic carboxylic acids is 1. The third kappa shape index (κ3) is 4.26. The minimum atomic E-state index is -1.18. The molecule has 0 aromatic carbocycles. The predicted octanol–water partition coefficient (Wildman–Crippen LogP) is 6.69. The van der Waals surface area contributed by atoms with Crippen LogP contribution in [0.2, 0.25) is 0 Å². The molecule has 4 saturated carbocycles. The molecule has 3 unspecified atom stereocenters. The number of allylic oxidation sites excluding steroid dienone is 2. The molecule has 42 heavy (non-hydrogen) atoms. The summed E-state index contributed by atoms with van der Waals surface area (Å²) in [4.78, 5) is 50.8. The van der Waals surface area contributed by atoms with Crippen LogP contribution in [-0.2, 0) is 28.7 Å². The molecule has 0 bridgehead atoms. The molecule has 0 amide bonds. The highest BCUT2D eigenvalue weighted by atomic mass is 16.5. The molecule has 0 heterocycles. The van der Waals surface area contributed by atoms with Crippen molar-refractivity contribution in [2.24, 2.45) is 50.2 Å². The zero-order valence-corrected chi connectivity index (χ0v) is 26.8. The van der Waals surface area contributed by atoms with Crippen molar-refractivity contribution in [2.45, 2.75) is 112 Å². The Hall–Kier alpha value is -2.44. The number of methoxy groups -OCH3 is 1. The van der Waals surface area contributed by atoms with Crippen LogP contribution in [0.3, 0.4) is 0 Å². The molecule has 7 heteroatoms. The van der Waals surface area contributed by atoms with Crippen molar-refractivity contribution in [1.82, 2.24) is 0 Å². The average molecular weight is 583 g/mol. The second-order valence-electron chi connectivity index (χ2n) is 16.2. The molecular weight excluding hydrogens is 532 g/mol. The highest BCUT2D eigenvalue weighted by molar-refractivity contribution is 5.96. The fraction of sp³-hybridized carbons (Fsp3) is 0.771. The first-order valence-electron chi connectivity index (χ1n) is 15.8. The van der Waals surface area contributed by atoms with Crippen LogP contribution in [0.1, 0.15) is 106 Å². The Labute approximate surface area is 250 Å². The zero-order chi connectivity index (χ0) is 31.1. The Balaban J connectivity index is 1.50. The smallest absolute Gasteiger partial charge is 0.331 e. The van der Waals surface area contributed by atoms with Gasteiger partial charge in [-0.3, -0.25) is 9.59 Å². The van der Waals surface area contributed by atoms with E-state index in [4.69, 9.17) is 14.6 Å². The number of esters is 2. The number of hydrogen-bond acceptors (Lipinski definition) is 6. The van der Waals surface area contributed by atoms with Crippen LogP contribution in [0.4, 0.5) is 0 Å². The zero-order valence-electron chi connectivity index (χ0n) is 26.8. The summed E-state index contributed by atoms with van der Waals surface area (Å²) < 4.78 is 11.1. The van der Waals surface area contributed by atoms with Crippen molar-refractivity contribution in [2.75, 3.05) is 7.11 Å². The fourth-order valence-corrected chi connectivity index (χ4v) is 11.1. The van der Waals surface area contributed by atoms with Gasteiger partial charge in [-0.05, 0) is 104 Å². The fourth-order valence-electron chi connectivity index (χ4n) is 11.1. The molecule has 0 spiro atoms. The van der Waals surface area contributed by atoms with Gasteiger partial charge in [-0.15, -0.1) is 0 Å². The lowest BCUT2D eigenvalue weighted by atomic mass is 9.33. The van der Waals surface area contributed by atoms with Crippen LogP contribution in [-0.4, -0.2) is 42.0 Å². The number of hydrogen-bond donors (Lipinski definition) is 1. The second kappa shape index (κ2) is 9.79. The van der Waals surface area contributed by atoms with E-state index in [0.717, 1.165) is 63.5 Å². The first-order chi connectivity index (χ1) is 19.4. The Bertz CT molecular complexity index is 1260. The van der Waals surface area contributed by atoms with Crippen molar-refractivity contribution >= 4 is 23.7 Å². The second-order valence-corrected chi connectivity index (χ2v) is 16.2. The molecule has 0 radical (unpaired) electrons. The van der Waals surface area contributed by atoms with Gasteiger partial charge in [-0.1, -0.05) is 47.1 Å². The first kappa shape index (κ1) is 31.0. The Kier molecular flexibility index (Phi) is 7.22. The first-order valence-corrected chi connectivity index (χ1v) is 15.8. The maximum absolute atomic E-state index is 14.5. The summed E-state index contributed by atoms with van der Waals surface area (Å²) in [5.74, 6) is -1.53. The molecule has 7 nitrogen and oxygen atoms in total. The van der Waals surface area contributed by atoms with Gasteiger partial charge in [0.2, 0.25) is 0 Å². The van der Waals surface area contributed by atoms with Crippen molar-refractivity contribution in [3.63, 3.8) is 0 Å². The third-order valence-electron chi connectivity index (χ3n) is 13.8. The molecule has 5 rings (SSSR count). The topological polar surface area (TPSA) is 107 Å². The minimum Gasteiger partial charge on any atom is -0.478 e. The van der Waals surface area contributed by atoms with E-state index in [1.165, 1.54) is 12.7 Å². The number of carboxylic acids is 1. The number of fused-ring (bicyclic) bond motifs is 7. The van der Waals surface area contributed by atoms with Crippen molar-refractivity contribution in [1.29, 1.82) is 0 Å². The van der Waals surface area contributed by atoms with Gasteiger partial charge in [0, 0.05) is 23.5 Å². The van der Waals surface area contributed by atoms with E-state index in [1.807, 2.05) is 13.0 Å². The number of carboxylic acid groups (broad SMARTS) is 1. The maximum Gasteiger partial charge on any atom is 0.331 e. The third-order valence-corrected chi connectivity index (χ3v) is 13.8. The van der Waals surface area contributed by atoms with E-state index in [-0.39, 0.29) is 62.7 Å². The molecule has 0 aliphatic heterocycles. The van der Waals surface area contributed by atoms with Crippen LogP contribution in [0.5, 0.6) is 0 Å². The summed E-state index contributed by atoms with van der Waals surface area (Å²) in [6.45, 7) is 15.8. The summed E-state index contributed by atoms with van der Waals surface area (Å²) in [5.41, 5.74) is -0.194. The molecule has 0 aromatic rings. The highest BCUT2D eigenvalue weighted by Crippen LogP contribution is 2.75. The van der Waals surface area contributed by atoms with Crippen LogP contribution in [0.15, 0.2) is 23.8 Å². The van der Waals surface area contributed by atoms with Gasteiger partial charge < -0.3 is 14.6 Å². The normalized spacial score (nSPS) is 45.9. The molecule has 1 N–H and O–H groups in total. The summed E-state index contributed by atoms with van der Waals surface area (Å²) in [6, 6.07) is 0. The van der Waals surface area contributed by atoms with Gasteiger partial charge in [0.15, 0.2) is 5.78 Å².